The van der Waals surface area contributed by atoms with Crippen LogP contribution in [0.1, 0.15) is 56.2 Å². The van der Waals surface area contributed by atoms with Crippen molar-refractivity contribution in [2.75, 3.05) is 11.1 Å². The minimum absolute atomic E-state index is 0.0382. The van der Waals surface area contributed by atoms with Crippen molar-refractivity contribution in [2.45, 2.75) is 36.4 Å². The maximum Gasteiger partial charge on any atom is 0.336 e. The summed E-state index contributed by atoms with van der Waals surface area (Å²) < 4.78 is 12.7. The summed E-state index contributed by atoms with van der Waals surface area (Å²) in [6.07, 6.45) is 2.54. The first-order chi connectivity index (χ1) is 19.5. The summed E-state index contributed by atoms with van der Waals surface area (Å²) >= 11 is 1.44. The highest BCUT2D eigenvalue weighted by atomic mass is 32.2. The average Bonchev–Trinajstić information content (AvgIpc) is 3.01. The van der Waals surface area contributed by atoms with Crippen molar-refractivity contribution in [3.63, 3.8) is 0 Å². The van der Waals surface area contributed by atoms with Crippen LogP contribution >= 0.6 is 11.8 Å². The Bertz CT molecular complexity index is 1450. The molecule has 1 aliphatic heterocycles. The molecule has 0 aliphatic carbocycles. The van der Waals surface area contributed by atoms with Gasteiger partial charge in [-0.05, 0) is 47.5 Å². The van der Waals surface area contributed by atoms with Gasteiger partial charge in [-0.2, -0.15) is 0 Å². The van der Waals surface area contributed by atoms with Gasteiger partial charge in [0.2, 0.25) is 0 Å². The third kappa shape index (κ3) is 6.75. The van der Waals surface area contributed by atoms with Gasteiger partial charge in [0.05, 0.1) is 29.9 Å². The molecule has 0 bridgehead atoms. The van der Waals surface area contributed by atoms with Crippen LogP contribution in [-0.4, -0.2) is 38.9 Å². The molecule has 5 rings (SSSR count). The highest BCUT2D eigenvalue weighted by Gasteiger charge is 2.32. The highest BCUT2D eigenvalue weighted by molar-refractivity contribution is 7.99. The number of anilines is 1. The van der Waals surface area contributed by atoms with Gasteiger partial charge in [0, 0.05) is 40.7 Å². The number of amides is 1. The lowest BCUT2D eigenvalue weighted by molar-refractivity contribution is -0.245. The van der Waals surface area contributed by atoms with Crippen molar-refractivity contribution in [3.05, 3.63) is 125 Å². The van der Waals surface area contributed by atoms with Crippen LogP contribution in [-0.2, 0) is 16.1 Å². The second-order valence-electron chi connectivity index (χ2n) is 9.28. The number of aliphatic hydroxyl groups is 1. The zero-order valence-electron chi connectivity index (χ0n) is 21.5. The molecular formula is C31H28N2O6S. The van der Waals surface area contributed by atoms with Gasteiger partial charge < -0.3 is 25.0 Å². The first-order valence-corrected chi connectivity index (χ1v) is 13.8. The molecule has 8 nitrogen and oxygen atoms in total. The first kappa shape index (κ1) is 27.5. The van der Waals surface area contributed by atoms with Crippen molar-refractivity contribution >= 4 is 29.3 Å². The number of nitrogens with zero attached hydrogens (tertiary/aromatic N) is 1. The largest absolute Gasteiger partial charge is 0.478 e. The molecule has 1 aliphatic rings. The molecule has 9 heteroatoms. The Kier molecular flexibility index (Phi) is 8.87. The molecule has 2 heterocycles. The van der Waals surface area contributed by atoms with Crippen molar-refractivity contribution in [2.24, 2.45) is 0 Å². The van der Waals surface area contributed by atoms with E-state index in [9.17, 15) is 19.8 Å². The Balaban J connectivity index is 1.33. The minimum atomic E-state index is -0.966. The SMILES string of the molecule is O=C(Nc1ccc([C@H]2O[C@@H](CSc3ccccc3C(=O)O)C[C@@H](c3ccc(CO)cc3)O2)cc1)c1cccnc1. The molecule has 1 amide bonds. The lowest BCUT2D eigenvalue weighted by Gasteiger charge is -2.36. The van der Waals surface area contributed by atoms with Crippen LogP contribution in [0.15, 0.2) is 102 Å². The third-order valence-electron chi connectivity index (χ3n) is 6.52. The quantitative estimate of drug-likeness (QED) is 0.219. The fraction of sp³-hybridized carbons (Fsp3) is 0.194. The predicted molar refractivity (Wildman–Crippen MR) is 151 cm³/mol. The number of carboxylic acid groups (broad SMARTS) is 1. The van der Waals surface area contributed by atoms with Crippen molar-refractivity contribution in [1.29, 1.82) is 0 Å². The molecule has 4 aromatic rings. The van der Waals surface area contributed by atoms with Gasteiger partial charge in [0.1, 0.15) is 0 Å². The van der Waals surface area contributed by atoms with Crippen molar-refractivity contribution in [1.82, 2.24) is 4.98 Å². The summed E-state index contributed by atoms with van der Waals surface area (Å²) in [5, 5.41) is 21.8. The molecule has 0 unspecified atom stereocenters. The highest BCUT2D eigenvalue weighted by Crippen LogP contribution is 2.40. The van der Waals surface area contributed by atoms with Crippen molar-refractivity contribution in [3.8, 4) is 0 Å². The number of aliphatic hydroxyl groups excluding tert-OH is 1. The van der Waals surface area contributed by atoms with E-state index in [4.69, 9.17) is 9.47 Å². The van der Waals surface area contributed by atoms with Gasteiger partial charge >= 0.3 is 5.97 Å². The number of thioether (sulfide) groups is 1. The third-order valence-corrected chi connectivity index (χ3v) is 7.73. The summed E-state index contributed by atoms with van der Waals surface area (Å²) in [4.78, 5) is 28.8. The zero-order valence-corrected chi connectivity index (χ0v) is 22.3. The van der Waals surface area contributed by atoms with Gasteiger partial charge in [-0.1, -0.05) is 48.5 Å². The van der Waals surface area contributed by atoms with Gasteiger partial charge in [-0.15, -0.1) is 11.8 Å². The molecule has 1 aromatic heterocycles. The summed E-state index contributed by atoms with van der Waals surface area (Å²) in [6.45, 7) is -0.0382. The van der Waals surface area contributed by atoms with E-state index in [1.54, 1.807) is 48.7 Å². The number of carbonyl (C=O) groups excluding carboxylic acids is 1. The summed E-state index contributed by atoms with van der Waals surface area (Å²) in [6, 6.07) is 25.3. The smallest absolute Gasteiger partial charge is 0.336 e. The Hall–Kier alpha value is -4.02. The molecule has 3 aromatic carbocycles. The van der Waals surface area contributed by atoms with Crippen molar-refractivity contribution < 1.29 is 29.3 Å². The second kappa shape index (κ2) is 12.9. The Morgan fingerprint density at radius 3 is 2.38 bits per heavy atom. The molecule has 1 fully saturated rings. The van der Waals surface area contributed by atoms with Gasteiger partial charge in [-0.25, -0.2) is 4.79 Å². The van der Waals surface area contributed by atoms with E-state index in [1.165, 1.54) is 18.0 Å². The Morgan fingerprint density at radius 1 is 0.925 bits per heavy atom. The van der Waals surface area contributed by atoms with Crippen LogP contribution in [0, 0.1) is 0 Å². The molecule has 0 saturated carbocycles. The number of pyridine rings is 1. The van der Waals surface area contributed by atoms with Gasteiger partial charge in [0.25, 0.3) is 5.91 Å². The predicted octanol–water partition coefficient (Wildman–Crippen LogP) is 5.86. The molecule has 204 valence electrons. The van der Waals surface area contributed by atoms with Crippen LogP contribution in [0.2, 0.25) is 0 Å². The lowest BCUT2D eigenvalue weighted by Crippen LogP contribution is -2.31. The van der Waals surface area contributed by atoms with E-state index >= 15 is 0 Å². The number of aromatic carboxylic acids is 1. The normalized spacial score (nSPS) is 18.7. The Morgan fingerprint density at radius 2 is 1.68 bits per heavy atom. The van der Waals surface area contributed by atoms with Gasteiger partial charge in [0.15, 0.2) is 6.29 Å². The monoisotopic (exact) mass is 556 g/mol. The number of aromatic nitrogens is 1. The first-order valence-electron chi connectivity index (χ1n) is 12.8. The maximum atomic E-state index is 12.5. The molecule has 3 atom stereocenters. The van der Waals surface area contributed by atoms with E-state index in [1.807, 2.05) is 42.5 Å². The molecule has 0 radical (unpaired) electrons. The number of benzene rings is 3. The molecule has 3 N–H and O–H groups in total. The van der Waals surface area contributed by atoms with Crippen LogP contribution < -0.4 is 5.32 Å². The van der Waals surface area contributed by atoms with E-state index in [2.05, 4.69) is 10.3 Å². The second-order valence-corrected chi connectivity index (χ2v) is 10.3. The molecule has 1 saturated heterocycles. The molecule has 0 spiro atoms. The maximum absolute atomic E-state index is 12.5. The molecule has 40 heavy (non-hydrogen) atoms. The number of hydrogen-bond acceptors (Lipinski definition) is 7. The molecular weight excluding hydrogens is 528 g/mol. The Labute approximate surface area is 236 Å². The zero-order chi connectivity index (χ0) is 27.9. The van der Waals surface area contributed by atoms with Crippen LogP contribution in [0.5, 0.6) is 0 Å². The number of ether oxygens (including phenoxy) is 2. The number of nitrogens with one attached hydrogen (secondary N) is 1. The summed E-state index contributed by atoms with van der Waals surface area (Å²) in [7, 11) is 0. The van der Waals surface area contributed by atoms with Crippen LogP contribution in [0.25, 0.3) is 0 Å². The number of carboxylic acids is 1. The number of carbonyl (C=O) groups is 2. The summed E-state index contributed by atoms with van der Waals surface area (Å²) in [5.74, 6) is -0.684. The fourth-order valence-corrected chi connectivity index (χ4v) is 5.46. The number of hydrogen-bond donors (Lipinski definition) is 3. The average molecular weight is 557 g/mol. The fourth-order valence-electron chi connectivity index (χ4n) is 4.40. The van der Waals surface area contributed by atoms with E-state index in [0.717, 1.165) is 16.7 Å². The summed E-state index contributed by atoms with van der Waals surface area (Å²) in [5.41, 5.74) is 3.92. The van der Waals surface area contributed by atoms with Gasteiger partial charge in [-0.3, -0.25) is 9.78 Å². The topological polar surface area (TPSA) is 118 Å². The van der Waals surface area contributed by atoms with E-state index in [0.29, 0.717) is 28.3 Å². The van der Waals surface area contributed by atoms with E-state index < -0.39 is 12.3 Å². The number of rotatable bonds is 9. The lowest BCUT2D eigenvalue weighted by atomic mass is 10.0. The van der Waals surface area contributed by atoms with E-state index in [-0.39, 0.29) is 30.3 Å². The standard InChI is InChI=1S/C31H28N2O6S/c34-18-20-7-9-21(10-8-20)27-16-25(19-40-28-6-2-1-5-26(28)30(36)37)38-31(39-27)22-11-13-24(14-12-22)33-29(35)23-4-3-15-32-17-23/h1-15,17,25,27,31,34H,16,18-19H2,(H,33,35)(H,36,37)/t25-,27+,31+/m1/s1. The minimum Gasteiger partial charge on any atom is -0.478 e. The van der Waals surface area contributed by atoms with Crippen LogP contribution in [0.3, 0.4) is 0 Å². The van der Waals surface area contributed by atoms with Crippen LogP contribution in [0.4, 0.5) is 5.69 Å².